The van der Waals surface area contributed by atoms with Crippen molar-refractivity contribution in [3.63, 3.8) is 0 Å². The molecule has 0 unspecified atom stereocenters. The van der Waals surface area contributed by atoms with E-state index in [0.29, 0.717) is 11.6 Å². The van der Waals surface area contributed by atoms with Gasteiger partial charge in [-0.15, -0.1) is 5.23 Å². The SMILES string of the molecule is CC(C)c1ccc(N(C)C)c(N(O)O)c1. The van der Waals surface area contributed by atoms with E-state index in [4.69, 9.17) is 10.4 Å². The molecule has 0 radical (unpaired) electrons. The van der Waals surface area contributed by atoms with Gasteiger partial charge in [-0.1, -0.05) is 19.9 Å². The van der Waals surface area contributed by atoms with Crippen LogP contribution in [0.5, 0.6) is 0 Å². The summed E-state index contributed by atoms with van der Waals surface area (Å²) in [6.07, 6.45) is 0. The number of hydrogen-bond acceptors (Lipinski definition) is 4. The Bertz CT molecular complexity index is 335. The number of hydrogen-bond donors (Lipinski definition) is 2. The summed E-state index contributed by atoms with van der Waals surface area (Å²) in [5, 5.41) is 18.4. The Labute approximate surface area is 90.3 Å². The highest BCUT2D eigenvalue weighted by atomic mass is 16.8. The molecule has 0 saturated heterocycles. The van der Waals surface area contributed by atoms with E-state index >= 15 is 0 Å². The average Bonchev–Trinajstić information content (AvgIpc) is 2.16. The van der Waals surface area contributed by atoms with E-state index < -0.39 is 0 Å². The normalized spacial score (nSPS) is 10.6. The second-order valence-corrected chi connectivity index (χ2v) is 4.09. The molecule has 0 amide bonds. The summed E-state index contributed by atoms with van der Waals surface area (Å²) in [7, 11) is 3.72. The van der Waals surface area contributed by atoms with Gasteiger partial charge in [-0.05, 0) is 23.6 Å². The standard InChI is InChI=1S/C11H18N2O2/c1-8(2)9-5-6-10(12(3)4)11(7-9)13(14)15/h5-8,14-15H,1-4H3. The monoisotopic (exact) mass is 210 g/mol. The molecule has 0 atom stereocenters. The van der Waals surface area contributed by atoms with E-state index in [1.54, 1.807) is 6.07 Å². The highest BCUT2D eigenvalue weighted by molar-refractivity contribution is 5.69. The summed E-state index contributed by atoms with van der Waals surface area (Å²) in [6.45, 7) is 4.13. The van der Waals surface area contributed by atoms with Crippen LogP contribution in [0.3, 0.4) is 0 Å². The molecule has 0 aliphatic carbocycles. The van der Waals surface area contributed by atoms with Crippen molar-refractivity contribution < 1.29 is 10.4 Å². The maximum absolute atomic E-state index is 9.12. The molecule has 0 saturated carbocycles. The highest BCUT2D eigenvalue weighted by Gasteiger charge is 2.11. The Kier molecular flexibility index (Phi) is 3.55. The van der Waals surface area contributed by atoms with Gasteiger partial charge in [0.05, 0.1) is 5.69 Å². The third-order valence-electron chi connectivity index (χ3n) is 2.36. The molecule has 84 valence electrons. The lowest BCUT2D eigenvalue weighted by atomic mass is 10.0. The van der Waals surface area contributed by atoms with Crippen LogP contribution in [0.4, 0.5) is 11.4 Å². The number of benzene rings is 1. The zero-order valence-electron chi connectivity index (χ0n) is 9.60. The summed E-state index contributed by atoms with van der Waals surface area (Å²) >= 11 is 0. The summed E-state index contributed by atoms with van der Waals surface area (Å²) in [6, 6.07) is 5.65. The predicted octanol–water partition coefficient (Wildman–Crippen LogP) is 2.46. The van der Waals surface area contributed by atoms with Crippen molar-refractivity contribution in [3.8, 4) is 0 Å². The first-order chi connectivity index (χ1) is 6.93. The van der Waals surface area contributed by atoms with Gasteiger partial charge in [-0.25, -0.2) is 0 Å². The molecule has 0 spiro atoms. The number of rotatable bonds is 3. The van der Waals surface area contributed by atoms with E-state index in [9.17, 15) is 0 Å². The third kappa shape index (κ3) is 2.61. The first kappa shape index (κ1) is 11.8. The molecule has 15 heavy (non-hydrogen) atoms. The zero-order valence-corrected chi connectivity index (χ0v) is 9.60. The van der Waals surface area contributed by atoms with Crippen molar-refractivity contribution in [3.05, 3.63) is 23.8 Å². The minimum Gasteiger partial charge on any atom is -0.376 e. The third-order valence-corrected chi connectivity index (χ3v) is 2.36. The fourth-order valence-electron chi connectivity index (χ4n) is 1.44. The first-order valence-corrected chi connectivity index (χ1v) is 4.92. The Morgan fingerprint density at radius 3 is 2.07 bits per heavy atom. The van der Waals surface area contributed by atoms with Crippen LogP contribution in [0.15, 0.2) is 18.2 Å². The second kappa shape index (κ2) is 4.51. The van der Waals surface area contributed by atoms with Crippen LogP contribution in [-0.2, 0) is 0 Å². The Balaban J connectivity index is 3.21. The second-order valence-electron chi connectivity index (χ2n) is 4.09. The fraction of sp³-hybridized carbons (Fsp3) is 0.455. The minimum atomic E-state index is 0.168. The van der Waals surface area contributed by atoms with Crippen LogP contribution in [0.25, 0.3) is 0 Å². The van der Waals surface area contributed by atoms with Gasteiger partial charge in [0.1, 0.15) is 5.69 Å². The molecule has 0 aliphatic heterocycles. The van der Waals surface area contributed by atoms with Crippen LogP contribution in [-0.4, -0.2) is 24.5 Å². The fourth-order valence-corrected chi connectivity index (χ4v) is 1.44. The number of anilines is 2. The molecule has 4 heteroatoms. The Hall–Kier alpha value is -1.26. The van der Waals surface area contributed by atoms with Gasteiger partial charge in [0, 0.05) is 14.1 Å². The minimum absolute atomic E-state index is 0.168. The molecular formula is C11H18N2O2. The summed E-state index contributed by atoms with van der Waals surface area (Å²) in [4.78, 5) is 1.83. The molecule has 0 bridgehead atoms. The van der Waals surface area contributed by atoms with Gasteiger partial charge >= 0.3 is 0 Å². The average molecular weight is 210 g/mol. The highest BCUT2D eigenvalue weighted by Crippen LogP contribution is 2.30. The lowest BCUT2D eigenvalue weighted by Gasteiger charge is -2.21. The van der Waals surface area contributed by atoms with Gasteiger partial charge in [0.2, 0.25) is 0 Å². The first-order valence-electron chi connectivity index (χ1n) is 4.92. The van der Waals surface area contributed by atoms with Crippen molar-refractivity contribution in [2.24, 2.45) is 0 Å². The van der Waals surface area contributed by atoms with Crippen LogP contribution < -0.4 is 10.1 Å². The van der Waals surface area contributed by atoms with E-state index in [2.05, 4.69) is 13.8 Å². The topological polar surface area (TPSA) is 46.9 Å². The van der Waals surface area contributed by atoms with Crippen LogP contribution in [0.2, 0.25) is 0 Å². The molecule has 2 N–H and O–H groups in total. The maximum Gasteiger partial charge on any atom is 0.118 e. The summed E-state index contributed by atoms with van der Waals surface area (Å²) in [5.41, 5.74) is 2.24. The van der Waals surface area contributed by atoms with Crippen molar-refractivity contribution >= 4 is 11.4 Å². The molecule has 0 fully saturated rings. The molecule has 1 rings (SSSR count). The smallest absolute Gasteiger partial charge is 0.118 e. The van der Waals surface area contributed by atoms with Crippen molar-refractivity contribution in [2.75, 3.05) is 24.2 Å². The zero-order chi connectivity index (χ0) is 11.6. The van der Waals surface area contributed by atoms with Gasteiger partial charge in [0.15, 0.2) is 0 Å². The largest absolute Gasteiger partial charge is 0.376 e. The molecule has 0 aromatic heterocycles. The van der Waals surface area contributed by atoms with Gasteiger partial charge < -0.3 is 4.90 Å². The molecule has 4 nitrogen and oxygen atoms in total. The number of nitrogens with zero attached hydrogens (tertiary/aromatic N) is 2. The van der Waals surface area contributed by atoms with Crippen molar-refractivity contribution in [2.45, 2.75) is 19.8 Å². The maximum atomic E-state index is 9.12. The quantitative estimate of drug-likeness (QED) is 0.752. The molecule has 0 aliphatic rings. The molecular weight excluding hydrogens is 192 g/mol. The Morgan fingerprint density at radius 2 is 1.67 bits per heavy atom. The van der Waals surface area contributed by atoms with Crippen molar-refractivity contribution in [1.29, 1.82) is 0 Å². The van der Waals surface area contributed by atoms with Crippen LogP contribution in [0.1, 0.15) is 25.3 Å². The lowest BCUT2D eigenvalue weighted by Crippen LogP contribution is -2.18. The molecule has 1 aromatic carbocycles. The predicted molar refractivity (Wildman–Crippen MR) is 60.9 cm³/mol. The van der Waals surface area contributed by atoms with E-state index in [1.165, 1.54) is 0 Å². The van der Waals surface area contributed by atoms with E-state index in [1.807, 2.05) is 31.1 Å². The van der Waals surface area contributed by atoms with E-state index in [-0.39, 0.29) is 5.23 Å². The van der Waals surface area contributed by atoms with Crippen LogP contribution >= 0.6 is 0 Å². The van der Waals surface area contributed by atoms with E-state index in [0.717, 1.165) is 11.3 Å². The van der Waals surface area contributed by atoms with Gasteiger partial charge in [-0.2, -0.15) is 0 Å². The van der Waals surface area contributed by atoms with Crippen molar-refractivity contribution in [1.82, 2.24) is 0 Å². The lowest BCUT2D eigenvalue weighted by molar-refractivity contribution is 0.0294. The van der Waals surface area contributed by atoms with Gasteiger partial charge in [0.25, 0.3) is 0 Å². The summed E-state index contributed by atoms with van der Waals surface area (Å²) < 4.78 is 0. The molecule has 0 heterocycles. The Morgan fingerprint density at radius 1 is 1.07 bits per heavy atom. The van der Waals surface area contributed by atoms with Crippen LogP contribution in [0, 0.1) is 0 Å². The molecule has 1 aromatic rings. The summed E-state index contributed by atoms with van der Waals surface area (Å²) in [5.74, 6) is 0.361. The van der Waals surface area contributed by atoms with Gasteiger partial charge in [-0.3, -0.25) is 10.4 Å².